The van der Waals surface area contributed by atoms with Crippen molar-refractivity contribution in [1.29, 1.82) is 10.5 Å². The third-order valence-electron chi connectivity index (χ3n) is 3.39. The normalized spacial score (nSPS) is 18.0. The Morgan fingerprint density at radius 1 is 1.29 bits per heavy atom. The number of morpholine rings is 1. The minimum atomic E-state index is -0.114. The van der Waals surface area contributed by atoms with Crippen LogP contribution < -0.4 is 4.90 Å². The van der Waals surface area contributed by atoms with Gasteiger partial charge in [-0.1, -0.05) is 6.07 Å². The molecule has 0 amide bonds. The zero-order chi connectivity index (χ0) is 14.7. The Kier molecular flexibility index (Phi) is 3.83. The Labute approximate surface area is 126 Å². The molecule has 1 aromatic carbocycles. The van der Waals surface area contributed by atoms with Gasteiger partial charge < -0.3 is 9.64 Å². The summed E-state index contributed by atoms with van der Waals surface area (Å²) in [6, 6.07) is 9.56. The van der Waals surface area contributed by atoms with Crippen LogP contribution in [-0.2, 0) is 4.74 Å². The molecule has 1 aromatic heterocycles. The lowest BCUT2D eigenvalue weighted by atomic mass is 10.1. The Morgan fingerprint density at radius 2 is 2.05 bits per heavy atom. The van der Waals surface area contributed by atoms with E-state index in [0.717, 1.165) is 5.01 Å². The Bertz CT molecular complexity index is 682. The molecular formula is C15H12N4OS. The number of hydrogen-bond donors (Lipinski definition) is 0. The molecule has 1 atom stereocenters. The van der Waals surface area contributed by atoms with Gasteiger partial charge in [-0.05, 0) is 12.1 Å². The van der Waals surface area contributed by atoms with Gasteiger partial charge in [0.15, 0.2) is 0 Å². The van der Waals surface area contributed by atoms with E-state index in [1.54, 1.807) is 35.7 Å². The highest BCUT2D eigenvalue weighted by Gasteiger charge is 2.26. The molecule has 21 heavy (non-hydrogen) atoms. The molecule has 0 radical (unpaired) electrons. The van der Waals surface area contributed by atoms with Crippen LogP contribution in [0.3, 0.4) is 0 Å². The van der Waals surface area contributed by atoms with E-state index in [1.165, 1.54) is 0 Å². The summed E-state index contributed by atoms with van der Waals surface area (Å²) in [6.45, 7) is 1.81. The Balaban J connectivity index is 1.94. The van der Waals surface area contributed by atoms with E-state index < -0.39 is 0 Å². The number of aromatic nitrogens is 1. The highest BCUT2D eigenvalue weighted by molar-refractivity contribution is 7.09. The van der Waals surface area contributed by atoms with Crippen LogP contribution in [0.2, 0.25) is 0 Å². The van der Waals surface area contributed by atoms with E-state index in [2.05, 4.69) is 17.1 Å². The summed E-state index contributed by atoms with van der Waals surface area (Å²) in [5.74, 6) is 0. The minimum Gasteiger partial charge on any atom is -0.367 e. The van der Waals surface area contributed by atoms with Crippen LogP contribution in [0.4, 0.5) is 5.69 Å². The topological polar surface area (TPSA) is 72.9 Å². The average Bonchev–Trinajstić information content (AvgIpc) is 3.08. The third-order valence-corrected chi connectivity index (χ3v) is 4.25. The van der Waals surface area contributed by atoms with Crippen molar-refractivity contribution in [3.8, 4) is 12.1 Å². The van der Waals surface area contributed by atoms with Gasteiger partial charge in [-0.15, -0.1) is 11.3 Å². The van der Waals surface area contributed by atoms with E-state index in [4.69, 9.17) is 4.74 Å². The van der Waals surface area contributed by atoms with Crippen molar-refractivity contribution in [3.63, 3.8) is 0 Å². The van der Waals surface area contributed by atoms with Crippen LogP contribution >= 0.6 is 11.3 Å². The number of hydrogen-bond acceptors (Lipinski definition) is 6. The highest BCUT2D eigenvalue weighted by atomic mass is 32.1. The average molecular weight is 296 g/mol. The van der Waals surface area contributed by atoms with Crippen LogP contribution in [-0.4, -0.2) is 24.7 Å². The van der Waals surface area contributed by atoms with Gasteiger partial charge >= 0.3 is 0 Å². The zero-order valence-electron chi connectivity index (χ0n) is 11.2. The lowest BCUT2D eigenvalue weighted by molar-refractivity contribution is 0.0396. The Morgan fingerprint density at radius 3 is 2.67 bits per heavy atom. The number of para-hydroxylation sites is 1. The van der Waals surface area contributed by atoms with Gasteiger partial charge in [-0.25, -0.2) is 4.98 Å². The molecule has 0 bridgehead atoms. The molecule has 0 N–H and O–H groups in total. The first-order chi connectivity index (χ1) is 10.3. The van der Waals surface area contributed by atoms with Crippen LogP contribution in [0.1, 0.15) is 22.2 Å². The van der Waals surface area contributed by atoms with E-state index in [1.807, 2.05) is 10.3 Å². The fourth-order valence-corrected chi connectivity index (χ4v) is 3.14. The molecule has 0 aliphatic carbocycles. The summed E-state index contributed by atoms with van der Waals surface area (Å²) in [4.78, 5) is 6.34. The third kappa shape index (κ3) is 2.59. The first kappa shape index (κ1) is 13.6. The monoisotopic (exact) mass is 296 g/mol. The lowest BCUT2D eigenvalue weighted by Gasteiger charge is -2.34. The van der Waals surface area contributed by atoms with Crippen LogP contribution in [0.15, 0.2) is 29.8 Å². The van der Waals surface area contributed by atoms with Gasteiger partial charge in [0.1, 0.15) is 23.3 Å². The maximum Gasteiger partial charge on any atom is 0.126 e. The van der Waals surface area contributed by atoms with Crippen molar-refractivity contribution < 1.29 is 4.74 Å². The van der Waals surface area contributed by atoms with E-state index >= 15 is 0 Å². The zero-order valence-corrected chi connectivity index (χ0v) is 12.0. The summed E-state index contributed by atoms with van der Waals surface area (Å²) < 4.78 is 5.76. The molecule has 6 heteroatoms. The maximum atomic E-state index is 9.29. The van der Waals surface area contributed by atoms with Crippen molar-refractivity contribution in [1.82, 2.24) is 4.98 Å². The highest BCUT2D eigenvalue weighted by Crippen LogP contribution is 2.31. The number of benzene rings is 1. The largest absolute Gasteiger partial charge is 0.367 e. The molecule has 1 aliphatic heterocycles. The fraction of sp³-hybridized carbons (Fsp3) is 0.267. The molecule has 3 rings (SSSR count). The standard InChI is InChI=1S/C15H12N4OS/c16-8-11-2-1-3-12(9-17)14(11)19-5-6-20-13(10-19)15-18-4-7-21-15/h1-4,7,13H,5-6,10H2. The van der Waals surface area contributed by atoms with E-state index in [0.29, 0.717) is 36.5 Å². The first-order valence-corrected chi connectivity index (χ1v) is 7.40. The van der Waals surface area contributed by atoms with Gasteiger partial charge in [0, 0.05) is 18.1 Å². The Hall–Kier alpha value is -2.41. The number of nitriles is 2. The molecular weight excluding hydrogens is 284 g/mol. The van der Waals surface area contributed by atoms with Crippen molar-refractivity contribution in [2.24, 2.45) is 0 Å². The second-order valence-corrected chi connectivity index (χ2v) is 5.53. The SMILES string of the molecule is N#Cc1cccc(C#N)c1N1CCOC(c2nccs2)C1. The summed E-state index contributed by atoms with van der Waals surface area (Å²) in [5, 5.41) is 21.4. The fourth-order valence-electron chi connectivity index (χ4n) is 2.46. The molecule has 0 saturated carbocycles. The number of thiazole rings is 1. The van der Waals surface area contributed by atoms with Gasteiger partial charge in [-0.3, -0.25) is 0 Å². The van der Waals surface area contributed by atoms with Gasteiger partial charge in [0.25, 0.3) is 0 Å². The molecule has 1 aliphatic rings. The van der Waals surface area contributed by atoms with Crippen LogP contribution in [0.5, 0.6) is 0 Å². The van der Waals surface area contributed by atoms with Gasteiger partial charge in [0.05, 0.1) is 30.0 Å². The molecule has 2 heterocycles. The lowest BCUT2D eigenvalue weighted by Crippen LogP contribution is -2.39. The smallest absolute Gasteiger partial charge is 0.126 e. The van der Waals surface area contributed by atoms with Crippen LogP contribution in [0, 0.1) is 22.7 Å². The van der Waals surface area contributed by atoms with Crippen LogP contribution in [0.25, 0.3) is 0 Å². The molecule has 0 spiro atoms. The molecule has 2 aromatic rings. The van der Waals surface area contributed by atoms with E-state index in [-0.39, 0.29) is 6.10 Å². The molecule has 1 fully saturated rings. The number of nitrogens with zero attached hydrogens (tertiary/aromatic N) is 4. The van der Waals surface area contributed by atoms with Gasteiger partial charge in [-0.2, -0.15) is 10.5 Å². The second-order valence-electron chi connectivity index (χ2n) is 4.60. The minimum absolute atomic E-state index is 0.114. The first-order valence-electron chi connectivity index (χ1n) is 6.52. The van der Waals surface area contributed by atoms with E-state index in [9.17, 15) is 10.5 Å². The molecule has 104 valence electrons. The summed E-state index contributed by atoms with van der Waals surface area (Å²) >= 11 is 1.55. The van der Waals surface area contributed by atoms with Crippen molar-refractivity contribution in [2.45, 2.75) is 6.10 Å². The van der Waals surface area contributed by atoms with Crippen molar-refractivity contribution in [3.05, 3.63) is 45.9 Å². The van der Waals surface area contributed by atoms with Crippen molar-refractivity contribution in [2.75, 3.05) is 24.6 Å². The second kappa shape index (κ2) is 5.92. The molecule has 1 saturated heterocycles. The predicted octanol–water partition coefficient (Wildman–Crippen LogP) is 2.46. The maximum absolute atomic E-state index is 9.29. The predicted molar refractivity (Wildman–Crippen MR) is 78.9 cm³/mol. The molecule has 5 nitrogen and oxygen atoms in total. The number of ether oxygens (including phenoxy) is 1. The summed E-state index contributed by atoms with van der Waals surface area (Å²) in [6.07, 6.45) is 1.64. The summed E-state index contributed by atoms with van der Waals surface area (Å²) in [5.41, 5.74) is 1.75. The summed E-state index contributed by atoms with van der Waals surface area (Å²) in [7, 11) is 0. The number of anilines is 1. The molecule has 1 unspecified atom stereocenters. The van der Waals surface area contributed by atoms with Gasteiger partial charge in [0.2, 0.25) is 0 Å². The quantitative estimate of drug-likeness (QED) is 0.851. The van der Waals surface area contributed by atoms with Crippen molar-refractivity contribution >= 4 is 17.0 Å². The number of rotatable bonds is 2.